The molecule has 0 radical (unpaired) electrons. The fourth-order valence-electron chi connectivity index (χ4n) is 3.27. The SMILES string of the molecule is Cc1c(Cl)nnc(N2CC3CCCC3C2)c1C. The average molecular weight is 252 g/mol. The average Bonchev–Trinajstić information content (AvgIpc) is 2.86. The summed E-state index contributed by atoms with van der Waals surface area (Å²) in [4.78, 5) is 2.40. The van der Waals surface area contributed by atoms with Crippen LogP contribution in [0.1, 0.15) is 30.4 Å². The van der Waals surface area contributed by atoms with Gasteiger partial charge in [0.2, 0.25) is 0 Å². The van der Waals surface area contributed by atoms with E-state index in [0.717, 1.165) is 36.3 Å². The van der Waals surface area contributed by atoms with Gasteiger partial charge in [0.1, 0.15) is 0 Å². The van der Waals surface area contributed by atoms with Crippen LogP contribution in [-0.4, -0.2) is 23.3 Å². The third-order valence-corrected chi connectivity index (χ3v) is 4.82. The Morgan fingerprint density at radius 2 is 1.71 bits per heavy atom. The van der Waals surface area contributed by atoms with Gasteiger partial charge in [0.05, 0.1) is 0 Å². The van der Waals surface area contributed by atoms with Crippen molar-refractivity contribution in [2.24, 2.45) is 11.8 Å². The molecular weight excluding hydrogens is 234 g/mol. The molecule has 0 spiro atoms. The first kappa shape index (κ1) is 11.3. The molecule has 2 aliphatic rings. The quantitative estimate of drug-likeness (QED) is 0.768. The summed E-state index contributed by atoms with van der Waals surface area (Å²) < 4.78 is 0. The lowest BCUT2D eigenvalue weighted by atomic mass is 10.0. The lowest BCUT2D eigenvalue weighted by molar-refractivity contribution is 0.494. The third kappa shape index (κ3) is 1.81. The largest absolute Gasteiger partial charge is 0.354 e. The topological polar surface area (TPSA) is 29.0 Å². The fraction of sp³-hybridized carbons (Fsp3) is 0.692. The maximum atomic E-state index is 6.00. The van der Waals surface area contributed by atoms with Crippen LogP contribution < -0.4 is 4.90 Å². The van der Waals surface area contributed by atoms with Crippen molar-refractivity contribution in [1.29, 1.82) is 0 Å². The molecule has 1 aromatic rings. The van der Waals surface area contributed by atoms with Gasteiger partial charge in [-0.25, -0.2) is 0 Å². The highest BCUT2D eigenvalue weighted by Crippen LogP contribution is 2.40. The molecule has 1 saturated carbocycles. The number of fused-ring (bicyclic) bond motifs is 1. The molecule has 1 aliphatic heterocycles. The Labute approximate surface area is 107 Å². The lowest BCUT2D eigenvalue weighted by Crippen LogP contribution is -2.23. The van der Waals surface area contributed by atoms with E-state index in [1.165, 1.54) is 24.8 Å². The maximum Gasteiger partial charge on any atom is 0.155 e. The van der Waals surface area contributed by atoms with E-state index in [2.05, 4.69) is 22.0 Å². The van der Waals surface area contributed by atoms with Crippen LogP contribution in [0.3, 0.4) is 0 Å². The Bertz CT molecular complexity index is 435. The Kier molecular flexibility index (Phi) is 2.74. The normalized spacial score (nSPS) is 27.6. The zero-order valence-electron chi connectivity index (χ0n) is 10.4. The van der Waals surface area contributed by atoms with Crippen molar-refractivity contribution in [3.63, 3.8) is 0 Å². The summed E-state index contributed by atoms with van der Waals surface area (Å²) in [5, 5.41) is 8.88. The van der Waals surface area contributed by atoms with Gasteiger partial charge < -0.3 is 4.90 Å². The number of anilines is 1. The standard InChI is InChI=1S/C13H18ClN3/c1-8-9(2)13(16-15-12(8)14)17-6-10-4-3-5-11(10)7-17/h10-11H,3-7H2,1-2H3. The van der Waals surface area contributed by atoms with Crippen LogP contribution >= 0.6 is 11.6 Å². The van der Waals surface area contributed by atoms with Crippen LogP contribution in [0.25, 0.3) is 0 Å². The van der Waals surface area contributed by atoms with Gasteiger partial charge in [0, 0.05) is 13.1 Å². The third-order valence-electron chi connectivity index (χ3n) is 4.47. The number of halogens is 1. The number of rotatable bonds is 1. The van der Waals surface area contributed by atoms with Gasteiger partial charge in [-0.15, -0.1) is 10.2 Å². The number of nitrogens with zero attached hydrogens (tertiary/aromatic N) is 3. The Hall–Kier alpha value is -0.830. The first-order valence-corrected chi connectivity index (χ1v) is 6.79. The van der Waals surface area contributed by atoms with E-state index >= 15 is 0 Å². The van der Waals surface area contributed by atoms with E-state index in [-0.39, 0.29) is 0 Å². The van der Waals surface area contributed by atoms with Gasteiger partial charge in [-0.3, -0.25) is 0 Å². The second-order valence-electron chi connectivity index (χ2n) is 5.42. The molecule has 2 unspecified atom stereocenters. The van der Waals surface area contributed by atoms with Crippen molar-refractivity contribution >= 4 is 17.4 Å². The van der Waals surface area contributed by atoms with E-state index in [1.807, 2.05) is 6.92 Å². The van der Waals surface area contributed by atoms with Gasteiger partial charge in [-0.05, 0) is 49.7 Å². The van der Waals surface area contributed by atoms with Crippen LogP contribution in [0, 0.1) is 25.7 Å². The van der Waals surface area contributed by atoms with E-state index in [0.29, 0.717) is 5.15 Å². The minimum atomic E-state index is 0.533. The molecule has 17 heavy (non-hydrogen) atoms. The van der Waals surface area contributed by atoms with Crippen molar-refractivity contribution in [2.75, 3.05) is 18.0 Å². The van der Waals surface area contributed by atoms with Crippen LogP contribution in [0.5, 0.6) is 0 Å². The van der Waals surface area contributed by atoms with Crippen molar-refractivity contribution in [3.8, 4) is 0 Å². The predicted octanol–water partition coefficient (Wildman–Crippen LogP) is 2.98. The molecule has 4 heteroatoms. The Morgan fingerprint density at radius 3 is 2.35 bits per heavy atom. The number of hydrogen-bond acceptors (Lipinski definition) is 3. The lowest BCUT2D eigenvalue weighted by Gasteiger charge is -2.20. The molecule has 1 saturated heterocycles. The molecule has 1 aliphatic carbocycles. The van der Waals surface area contributed by atoms with E-state index in [9.17, 15) is 0 Å². The maximum absolute atomic E-state index is 6.00. The summed E-state index contributed by atoms with van der Waals surface area (Å²) in [6.07, 6.45) is 4.19. The molecule has 0 bridgehead atoms. The monoisotopic (exact) mass is 251 g/mol. The van der Waals surface area contributed by atoms with Crippen LogP contribution in [0.4, 0.5) is 5.82 Å². The summed E-state index contributed by atoms with van der Waals surface area (Å²) in [6.45, 7) is 6.43. The molecule has 1 aromatic heterocycles. The smallest absolute Gasteiger partial charge is 0.155 e. The van der Waals surface area contributed by atoms with Gasteiger partial charge in [-0.2, -0.15) is 0 Å². The van der Waals surface area contributed by atoms with Crippen molar-refractivity contribution in [1.82, 2.24) is 10.2 Å². The van der Waals surface area contributed by atoms with Gasteiger partial charge in [0.25, 0.3) is 0 Å². The van der Waals surface area contributed by atoms with Crippen LogP contribution in [0.15, 0.2) is 0 Å². The predicted molar refractivity (Wildman–Crippen MR) is 69.6 cm³/mol. The molecule has 2 heterocycles. The van der Waals surface area contributed by atoms with E-state index in [4.69, 9.17) is 11.6 Å². The Morgan fingerprint density at radius 1 is 1.06 bits per heavy atom. The summed E-state index contributed by atoms with van der Waals surface area (Å²) in [6, 6.07) is 0. The first-order valence-electron chi connectivity index (χ1n) is 6.41. The number of hydrogen-bond donors (Lipinski definition) is 0. The van der Waals surface area contributed by atoms with E-state index < -0.39 is 0 Å². The van der Waals surface area contributed by atoms with Crippen molar-refractivity contribution in [2.45, 2.75) is 33.1 Å². The summed E-state index contributed by atoms with van der Waals surface area (Å²) in [7, 11) is 0. The summed E-state index contributed by atoms with van der Waals surface area (Å²) >= 11 is 6.00. The zero-order valence-corrected chi connectivity index (χ0v) is 11.2. The first-order chi connectivity index (χ1) is 8.16. The second kappa shape index (κ2) is 4.13. The van der Waals surface area contributed by atoms with Gasteiger partial charge in [-0.1, -0.05) is 18.0 Å². The molecule has 0 aromatic carbocycles. The van der Waals surface area contributed by atoms with E-state index in [1.54, 1.807) is 0 Å². The highest BCUT2D eigenvalue weighted by molar-refractivity contribution is 6.30. The van der Waals surface area contributed by atoms with Crippen LogP contribution in [0.2, 0.25) is 5.15 Å². The van der Waals surface area contributed by atoms with Crippen molar-refractivity contribution in [3.05, 3.63) is 16.3 Å². The van der Waals surface area contributed by atoms with Crippen molar-refractivity contribution < 1.29 is 0 Å². The second-order valence-corrected chi connectivity index (χ2v) is 5.78. The zero-order chi connectivity index (χ0) is 12.0. The highest BCUT2D eigenvalue weighted by Gasteiger charge is 2.37. The van der Waals surface area contributed by atoms with Gasteiger partial charge in [0.15, 0.2) is 11.0 Å². The summed E-state index contributed by atoms with van der Waals surface area (Å²) in [5.74, 6) is 2.81. The minimum Gasteiger partial charge on any atom is -0.354 e. The molecule has 2 atom stereocenters. The molecule has 2 fully saturated rings. The highest BCUT2D eigenvalue weighted by atomic mass is 35.5. The minimum absolute atomic E-state index is 0.533. The van der Waals surface area contributed by atoms with Crippen LogP contribution in [-0.2, 0) is 0 Å². The fourth-order valence-corrected chi connectivity index (χ4v) is 3.45. The molecule has 0 amide bonds. The molecular formula is C13H18ClN3. The number of aromatic nitrogens is 2. The Balaban J connectivity index is 1.88. The molecule has 3 nitrogen and oxygen atoms in total. The molecule has 0 N–H and O–H groups in total. The summed E-state index contributed by atoms with van der Waals surface area (Å²) in [5.41, 5.74) is 2.25. The van der Waals surface area contributed by atoms with Gasteiger partial charge >= 0.3 is 0 Å². The molecule has 92 valence electrons. The molecule has 3 rings (SSSR count).